The first-order valence-electron chi connectivity index (χ1n) is 10.8. The second-order valence-corrected chi connectivity index (χ2v) is 11.6. The molecule has 2 aromatic heterocycles. The lowest BCUT2D eigenvalue weighted by atomic mass is 10.2. The first-order valence-corrected chi connectivity index (χ1v) is 13.5. The molecule has 0 N–H and O–H groups in total. The van der Waals surface area contributed by atoms with Crippen LogP contribution in [0.3, 0.4) is 0 Å². The van der Waals surface area contributed by atoms with Crippen molar-refractivity contribution < 1.29 is 17.6 Å². The Labute approximate surface area is 206 Å². The van der Waals surface area contributed by atoms with E-state index in [0.29, 0.717) is 34.6 Å². The molecule has 1 aliphatic rings. The SMILES string of the molecule is Cc1cc(Cl)cc2sc(N(Cc3ccco3)C(=O)c3ccc(S(=O)(=O)N4CCCC4)cc3)nc12. The third kappa shape index (κ3) is 4.36. The van der Waals surface area contributed by atoms with Crippen molar-refractivity contribution in [2.24, 2.45) is 0 Å². The van der Waals surface area contributed by atoms with Crippen LogP contribution in [0.1, 0.15) is 34.5 Å². The molecule has 10 heteroatoms. The Bertz CT molecular complexity index is 1440. The third-order valence-electron chi connectivity index (χ3n) is 5.81. The summed E-state index contributed by atoms with van der Waals surface area (Å²) in [5, 5.41) is 1.12. The van der Waals surface area contributed by atoms with Crippen LogP contribution < -0.4 is 4.90 Å². The molecule has 0 bridgehead atoms. The summed E-state index contributed by atoms with van der Waals surface area (Å²) >= 11 is 7.58. The molecule has 0 atom stereocenters. The van der Waals surface area contributed by atoms with Gasteiger partial charge in [-0.2, -0.15) is 4.31 Å². The van der Waals surface area contributed by atoms with E-state index in [-0.39, 0.29) is 17.3 Å². The number of hydrogen-bond donors (Lipinski definition) is 0. The van der Waals surface area contributed by atoms with Crippen LogP contribution in [0.5, 0.6) is 0 Å². The van der Waals surface area contributed by atoms with E-state index in [2.05, 4.69) is 0 Å². The van der Waals surface area contributed by atoms with E-state index in [9.17, 15) is 13.2 Å². The number of amides is 1. The van der Waals surface area contributed by atoms with Gasteiger partial charge in [-0.25, -0.2) is 13.4 Å². The van der Waals surface area contributed by atoms with Crippen LogP contribution in [0.25, 0.3) is 10.2 Å². The Morgan fingerprint density at radius 1 is 1.18 bits per heavy atom. The summed E-state index contributed by atoms with van der Waals surface area (Å²) in [6.45, 7) is 3.17. The van der Waals surface area contributed by atoms with Gasteiger partial charge >= 0.3 is 0 Å². The zero-order valence-corrected chi connectivity index (χ0v) is 20.8. The van der Waals surface area contributed by atoms with Gasteiger partial charge in [-0.1, -0.05) is 22.9 Å². The molecule has 4 aromatic rings. The molecule has 0 aliphatic carbocycles. The predicted molar refractivity (Wildman–Crippen MR) is 133 cm³/mol. The maximum Gasteiger partial charge on any atom is 0.260 e. The van der Waals surface area contributed by atoms with Crippen LogP contribution in [0.15, 0.2) is 64.1 Å². The van der Waals surface area contributed by atoms with Crippen molar-refractivity contribution in [3.8, 4) is 0 Å². The van der Waals surface area contributed by atoms with Gasteiger partial charge in [0, 0.05) is 23.7 Å². The number of thiazole rings is 1. The number of rotatable bonds is 6. The monoisotopic (exact) mass is 515 g/mol. The summed E-state index contributed by atoms with van der Waals surface area (Å²) in [5.74, 6) is 0.305. The summed E-state index contributed by atoms with van der Waals surface area (Å²) in [6, 6.07) is 13.3. The van der Waals surface area contributed by atoms with E-state index in [1.165, 1.54) is 27.8 Å². The summed E-state index contributed by atoms with van der Waals surface area (Å²) in [5.41, 5.74) is 2.07. The fourth-order valence-corrected chi connectivity index (χ4v) is 6.98. The van der Waals surface area contributed by atoms with Gasteiger partial charge in [-0.3, -0.25) is 9.69 Å². The van der Waals surface area contributed by atoms with Crippen LogP contribution in [-0.4, -0.2) is 36.7 Å². The third-order valence-corrected chi connectivity index (χ3v) is 8.97. The highest BCUT2D eigenvalue weighted by Crippen LogP contribution is 2.34. The van der Waals surface area contributed by atoms with Crippen molar-refractivity contribution in [3.63, 3.8) is 0 Å². The summed E-state index contributed by atoms with van der Waals surface area (Å²) < 4.78 is 33.5. The maximum absolute atomic E-state index is 13.6. The van der Waals surface area contributed by atoms with Crippen LogP contribution in [0.2, 0.25) is 5.02 Å². The number of fused-ring (bicyclic) bond motifs is 1. The van der Waals surface area contributed by atoms with E-state index < -0.39 is 10.0 Å². The number of sulfonamides is 1. The van der Waals surface area contributed by atoms with Gasteiger partial charge < -0.3 is 4.42 Å². The number of anilines is 1. The molecule has 176 valence electrons. The fraction of sp³-hybridized carbons (Fsp3) is 0.250. The molecule has 7 nitrogen and oxygen atoms in total. The minimum atomic E-state index is -3.55. The first-order chi connectivity index (χ1) is 16.3. The van der Waals surface area contributed by atoms with E-state index >= 15 is 0 Å². The van der Waals surface area contributed by atoms with Gasteiger partial charge in [0.15, 0.2) is 5.13 Å². The van der Waals surface area contributed by atoms with Gasteiger partial charge in [0.1, 0.15) is 5.76 Å². The molecule has 1 amide bonds. The number of halogens is 1. The second-order valence-electron chi connectivity index (χ2n) is 8.17. The normalized spacial score (nSPS) is 14.6. The quantitative estimate of drug-likeness (QED) is 0.339. The van der Waals surface area contributed by atoms with E-state index in [1.54, 1.807) is 35.4 Å². The fourth-order valence-electron chi connectivity index (χ4n) is 4.05. The van der Waals surface area contributed by atoms with Crippen molar-refractivity contribution >= 4 is 54.2 Å². The summed E-state index contributed by atoms with van der Waals surface area (Å²) in [7, 11) is -3.55. The Morgan fingerprint density at radius 2 is 1.91 bits per heavy atom. The molecule has 3 heterocycles. The maximum atomic E-state index is 13.6. The highest BCUT2D eigenvalue weighted by Gasteiger charge is 2.28. The number of hydrogen-bond acceptors (Lipinski definition) is 6. The molecule has 0 unspecified atom stereocenters. The van der Waals surface area contributed by atoms with Gasteiger partial charge in [0.25, 0.3) is 5.91 Å². The number of benzene rings is 2. The Hall–Kier alpha value is -2.72. The first kappa shape index (κ1) is 23.0. The highest BCUT2D eigenvalue weighted by atomic mass is 35.5. The van der Waals surface area contributed by atoms with Gasteiger partial charge in [-0.15, -0.1) is 0 Å². The second kappa shape index (κ2) is 9.14. The summed E-state index contributed by atoms with van der Waals surface area (Å²) in [6.07, 6.45) is 3.28. The zero-order valence-electron chi connectivity index (χ0n) is 18.4. The predicted octanol–water partition coefficient (Wildman–Crippen LogP) is 5.48. The average Bonchev–Trinajstić information content (AvgIpc) is 3.59. The molecular weight excluding hydrogens is 494 g/mol. The molecule has 0 radical (unpaired) electrons. The number of carbonyl (C=O) groups is 1. The van der Waals surface area contributed by atoms with E-state index in [0.717, 1.165) is 28.6 Å². The van der Waals surface area contributed by atoms with Crippen molar-refractivity contribution in [1.29, 1.82) is 0 Å². The van der Waals surface area contributed by atoms with Crippen molar-refractivity contribution in [3.05, 3.63) is 76.7 Å². The molecule has 0 spiro atoms. The van der Waals surface area contributed by atoms with Gasteiger partial charge in [0.2, 0.25) is 10.0 Å². The van der Waals surface area contributed by atoms with Crippen molar-refractivity contribution in [2.75, 3.05) is 18.0 Å². The van der Waals surface area contributed by atoms with Crippen LogP contribution in [0, 0.1) is 6.92 Å². The largest absolute Gasteiger partial charge is 0.467 e. The lowest BCUT2D eigenvalue weighted by molar-refractivity contribution is 0.0983. The smallest absolute Gasteiger partial charge is 0.260 e. The number of nitrogens with zero attached hydrogens (tertiary/aromatic N) is 3. The lowest BCUT2D eigenvalue weighted by Crippen LogP contribution is -2.30. The molecule has 1 saturated heterocycles. The molecule has 0 saturated carbocycles. The standard InChI is InChI=1S/C24H22ClN3O4S2/c1-16-13-18(25)14-21-22(16)26-24(33-21)28(15-19-5-4-12-32-19)23(29)17-6-8-20(9-7-17)34(30,31)27-10-2-3-11-27/h4-9,12-14H,2-3,10-11,15H2,1H3. The topological polar surface area (TPSA) is 83.7 Å². The van der Waals surface area contributed by atoms with E-state index in [1.807, 2.05) is 19.1 Å². The van der Waals surface area contributed by atoms with Crippen LogP contribution >= 0.6 is 22.9 Å². The minimum absolute atomic E-state index is 0.187. The Morgan fingerprint density at radius 3 is 2.59 bits per heavy atom. The van der Waals surface area contributed by atoms with E-state index in [4.69, 9.17) is 21.0 Å². The molecule has 1 aliphatic heterocycles. The zero-order chi connectivity index (χ0) is 23.9. The molecule has 2 aromatic carbocycles. The lowest BCUT2D eigenvalue weighted by Gasteiger charge is -2.19. The van der Waals surface area contributed by atoms with Crippen molar-refractivity contribution in [1.82, 2.24) is 9.29 Å². The Kier molecular flexibility index (Phi) is 6.20. The number of carbonyl (C=O) groups excluding carboxylic acids is 1. The number of furan rings is 1. The van der Waals surface area contributed by atoms with Gasteiger partial charge in [-0.05, 0) is 73.9 Å². The Balaban J connectivity index is 1.49. The van der Waals surface area contributed by atoms with Crippen LogP contribution in [-0.2, 0) is 16.6 Å². The molecule has 1 fully saturated rings. The summed E-state index contributed by atoms with van der Waals surface area (Å²) in [4.78, 5) is 20.0. The van der Waals surface area contributed by atoms with Crippen LogP contribution in [0.4, 0.5) is 5.13 Å². The molecule has 5 rings (SSSR count). The molecular formula is C24H22ClN3O4S2. The minimum Gasteiger partial charge on any atom is -0.467 e. The highest BCUT2D eigenvalue weighted by molar-refractivity contribution is 7.89. The molecule has 34 heavy (non-hydrogen) atoms. The van der Waals surface area contributed by atoms with Crippen molar-refractivity contribution in [2.45, 2.75) is 31.2 Å². The average molecular weight is 516 g/mol. The number of aryl methyl sites for hydroxylation is 1. The number of aromatic nitrogens is 1. The van der Waals surface area contributed by atoms with Gasteiger partial charge in [0.05, 0.1) is 27.9 Å².